The van der Waals surface area contributed by atoms with Crippen LogP contribution in [0.15, 0.2) is 18.2 Å². The Hall–Kier alpha value is -1.62. The van der Waals surface area contributed by atoms with Crippen LogP contribution in [0.2, 0.25) is 0 Å². The van der Waals surface area contributed by atoms with Crippen molar-refractivity contribution in [1.82, 2.24) is 5.32 Å². The van der Waals surface area contributed by atoms with Gasteiger partial charge in [0.1, 0.15) is 11.6 Å². The van der Waals surface area contributed by atoms with Crippen molar-refractivity contribution >= 4 is 5.91 Å². The topological polar surface area (TPSA) is 64.3 Å². The number of halogens is 1. The van der Waals surface area contributed by atoms with Crippen molar-refractivity contribution < 1.29 is 13.9 Å². The summed E-state index contributed by atoms with van der Waals surface area (Å²) in [6.45, 7) is 1.20. The SMILES string of the molecule is COc1ccc(CNCCCCC(N)=O)c(F)c1. The molecule has 0 atom stereocenters. The van der Waals surface area contributed by atoms with Crippen molar-refractivity contribution in [1.29, 1.82) is 0 Å². The van der Waals surface area contributed by atoms with Crippen molar-refractivity contribution in [2.75, 3.05) is 13.7 Å². The van der Waals surface area contributed by atoms with Gasteiger partial charge in [-0.1, -0.05) is 6.07 Å². The molecule has 0 aliphatic heterocycles. The minimum atomic E-state index is -0.281. The lowest BCUT2D eigenvalue weighted by Gasteiger charge is -2.07. The first-order chi connectivity index (χ1) is 8.63. The molecule has 0 saturated heterocycles. The molecule has 0 radical (unpaired) electrons. The van der Waals surface area contributed by atoms with E-state index < -0.39 is 0 Å². The van der Waals surface area contributed by atoms with Gasteiger partial charge in [-0.3, -0.25) is 4.79 Å². The summed E-state index contributed by atoms with van der Waals surface area (Å²) < 4.78 is 18.5. The maximum absolute atomic E-state index is 13.5. The Morgan fingerprint density at radius 2 is 2.22 bits per heavy atom. The smallest absolute Gasteiger partial charge is 0.217 e. The molecule has 0 bridgehead atoms. The second kappa shape index (κ2) is 7.66. The van der Waals surface area contributed by atoms with E-state index >= 15 is 0 Å². The minimum Gasteiger partial charge on any atom is -0.497 e. The molecule has 0 spiro atoms. The fourth-order valence-corrected chi connectivity index (χ4v) is 1.57. The molecule has 3 N–H and O–H groups in total. The van der Waals surface area contributed by atoms with E-state index in [-0.39, 0.29) is 11.7 Å². The third-order valence-electron chi connectivity index (χ3n) is 2.60. The minimum absolute atomic E-state index is 0.279. The number of hydrogen-bond acceptors (Lipinski definition) is 3. The maximum Gasteiger partial charge on any atom is 0.217 e. The average molecular weight is 254 g/mol. The van der Waals surface area contributed by atoms with Crippen LogP contribution >= 0.6 is 0 Å². The number of benzene rings is 1. The molecule has 0 heterocycles. The predicted octanol–water partition coefficient (Wildman–Crippen LogP) is 1.58. The van der Waals surface area contributed by atoms with E-state index in [9.17, 15) is 9.18 Å². The predicted molar refractivity (Wildman–Crippen MR) is 67.7 cm³/mol. The van der Waals surface area contributed by atoms with E-state index in [1.165, 1.54) is 13.2 Å². The molecule has 4 nitrogen and oxygen atoms in total. The van der Waals surface area contributed by atoms with Crippen LogP contribution in [-0.4, -0.2) is 19.6 Å². The second-order valence-corrected chi connectivity index (χ2v) is 4.06. The van der Waals surface area contributed by atoms with Gasteiger partial charge in [0.25, 0.3) is 0 Å². The number of carbonyl (C=O) groups is 1. The molecule has 1 rings (SSSR count). The number of rotatable bonds is 8. The van der Waals surface area contributed by atoms with Gasteiger partial charge in [0.2, 0.25) is 5.91 Å². The normalized spacial score (nSPS) is 10.3. The molecule has 100 valence electrons. The van der Waals surface area contributed by atoms with Gasteiger partial charge in [-0.15, -0.1) is 0 Å². The lowest BCUT2D eigenvalue weighted by Crippen LogP contribution is -2.17. The maximum atomic E-state index is 13.5. The fraction of sp³-hybridized carbons (Fsp3) is 0.462. The summed E-state index contributed by atoms with van der Waals surface area (Å²) in [6.07, 6.45) is 2.01. The van der Waals surface area contributed by atoms with Gasteiger partial charge in [-0.2, -0.15) is 0 Å². The van der Waals surface area contributed by atoms with Crippen molar-refractivity contribution in [3.05, 3.63) is 29.6 Å². The molecular weight excluding hydrogens is 235 g/mol. The Balaban J connectivity index is 2.25. The Labute approximate surface area is 106 Å². The Bertz CT molecular complexity index is 397. The number of unbranched alkanes of at least 4 members (excludes halogenated alkanes) is 1. The molecule has 1 aromatic carbocycles. The van der Waals surface area contributed by atoms with Gasteiger partial charge >= 0.3 is 0 Å². The summed E-state index contributed by atoms with van der Waals surface area (Å²) >= 11 is 0. The molecule has 0 aliphatic carbocycles. The number of primary amides is 1. The van der Waals surface area contributed by atoms with Crippen LogP contribution in [0, 0.1) is 5.82 Å². The number of ether oxygens (including phenoxy) is 1. The van der Waals surface area contributed by atoms with E-state index in [4.69, 9.17) is 10.5 Å². The van der Waals surface area contributed by atoms with E-state index in [1.807, 2.05) is 0 Å². The summed E-state index contributed by atoms with van der Waals surface area (Å²) in [5.74, 6) is -0.0482. The Morgan fingerprint density at radius 3 is 2.83 bits per heavy atom. The molecular formula is C13H19FN2O2. The number of methoxy groups -OCH3 is 1. The highest BCUT2D eigenvalue weighted by molar-refractivity contribution is 5.73. The Morgan fingerprint density at radius 1 is 1.44 bits per heavy atom. The zero-order valence-electron chi connectivity index (χ0n) is 10.5. The van der Waals surface area contributed by atoms with Gasteiger partial charge < -0.3 is 15.8 Å². The Kier molecular flexibility index (Phi) is 6.14. The number of carbonyl (C=O) groups excluding carboxylic acids is 1. The van der Waals surface area contributed by atoms with E-state index in [0.29, 0.717) is 24.3 Å². The molecule has 1 aromatic rings. The highest BCUT2D eigenvalue weighted by atomic mass is 19.1. The lowest BCUT2D eigenvalue weighted by atomic mass is 10.2. The van der Waals surface area contributed by atoms with E-state index in [2.05, 4.69) is 5.32 Å². The highest BCUT2D eigenvalue weighted by Gasteiger charge is 2.03. The summed E-state index contributed by atoms with van der Waals surface area (Å²) in [4.78, 5) is 10.5. The molecule has 0 fully saturated rings. The molecule has 0 unspecified atom stereocenters. The first-order valence-electron chi connectivity index (χ1n) is 5.95. The van der Waals surface area contributed by atoms with Crippen molar-refractivity contribution in [3.8, 4) is 5.75 Å². The van der Waals surface area contributed by atoms with Crippen LogP contribution in [0.1, 0.15) is 24.8 Å². The first kappa shape index (κ1) is 14.4. The largest absolute Gasteiger partial charge is 0.497 e. The fourth-order valence-electron chi connectivity index (χ4n) is 1.57. The summed E-state index contributed by atoms with van der Waals surface area (Å²) in [6, 6.07) is 4.79. The van der Waals surface area contributed by atoms with Crippen LogP contribution in [0.5, 0.6) is 5.75 Å². The average Bonchev–Trinajstić information content (AvgIpc) is 2.34. The summed E-state index contributed by atoms with van der Waals surface area (Å²) in [5, 5.41) is 3.12. The molecule has 0 saturated carbocycles. The molecule has 0 aromatic heterocycles. The van der Waals surface area contributed by atoms with Gasteiger partial charge in [0.05, 0.1) is 7.11 Å². The van der Waals surface area contributed by atoms with Crippen LogP contribution in [0.4, 0.5) is 4.39 Å². The van der Waals surface area contributed by atoms with Crippen molar-refractivity contribution in [2.24, 2.45) is 5.73 Å². The number of amides is 1. The quantitative estimate of drug-likeness (QED) is 0.692. The highest BCUT2D eigenvalue weighted by Crippen LogP contribution is 2.15. The zero-order valence-corrected chi connectivity index (χ0v) is 10.5. The lowest BCUT2D eigenvalue weighted by molar-refractivity contribution is -0.118. The van der Waals surface area contributed by atoms with Gasteiger partial charge in [0, 0.05) is 24.6 Å². The molecule has 18 heavy (non-hydrogen) atoms. The van der Waals surface area contributed by atoms with E-state index in [1.54, 1.807) is 12.1 Å². The van der Waals surface area contributed by atoms with Gasteiger partial charge in [0.15, 0.2) is 0 Å². The number of hydrogen-bond donors (Lipinski definition) is 2. The standard InChI is InChI=1S/C13H19FN2O2/c1-18-11-6-5-10(12(14)8-11)9-16-7-3-2-4-13(15)17/h5-6,8,16H,2-4,7,9H2,1H3,(H2,15,17). The van der Waals surface area contributed by atoms with E-state index in [0.717, 1.165) is 19.4 Å². The van der Waals surface area contributed by atoms with Crippen LogP contribution in [-0.2, 0) is 11.3 Å². The summed E-state index contributed by atoms with van der Waals surface area (Å²) in [5.41, 5.74) is 5.63. The van der Waals surface area contributed by atoms with Crippen molar-refractivity contribution in [2.45, 2.75) is 25.8 Å². The summed E-state index contributed by atoms with van der Waals surface area (Å²) in [7, 11) is 1.51. The molecule has 0 aliphatic rings. The number of nitrogens with one attached hydrogen (secondary N) is 1. The zero-order chi connectivity index (χ0) is 13.4. The third kappa shape index (κ3) is 5.14. The van der Waals surface area contributed by atoms with Crippen LogP contribution in [0.25, 0.3) is 0 Å². The van der Waals surface area contributed by atoms with Gasteiger partial charge in [-0.05, 0) is 25.5 Å². The molecule has 5 heteroatoms. The number of nitrogens with two attached hydrogens (primary N) is 1. The van der Waals surface area contributed by atoms with Crippen LogP contribution in [0.3, 0.4) is 0 Å². The van der Waals surface area contributed by atoms with Gasteiger partial charge in [-0.25, -0.2) is 4.39 Å². The first-order valence-corrected chi connectivity index (χ1v) is 5.95. The van der Waals surface area contributed by atoms with Crippen molar-refractivity contribution in [3.63, 3.8) is 0 Å². The monoisotopic (exact) mass is 254 g/mol. The third-order valence-corrected chi connectivity index (χ3v) is 2.60. The second-order valence-electron chi connectivity index (χ2n) is 4.06. The molecule has 1 amide bonds. The van der Waals surface area contributed by atoms with Crippen LogP contribution < -0.4 is 15.8 Å².